The van der Waals surface area contributed by atoms with Crippen molar-refractivity contribution in [3.05, 3.63) is 52.2 Å². The van der Waals surface area contributed by atoms with Crippen LogP contribution in [-0.4, -0.2) is 26.5 Å². The number of fused-ring (bicyclic) bond motifs is 2. The second-order valence-corrected chi connectivity index (χ2v) is 5.77. The normalized spacial score (nSPS) is 12.6. The Labute approximate surface area is 136 Å². The van der Waals surface area contributed by atoms with Crippen LogP contribution in [0.2, 0.25) is 0 Å². The van der Waals surface area contributed by atoms with E-state index in [1.807, 2.05) is 0 Å². The van der Waals surface area contributed by atoms with Gasteiger partial charge in [-0.2, -0.15) is 0 Å². The molecule has 0 aliphatic heterocycles. The molecule has 2 aromatic carbocycles. The Bertz CT molecular complexity index is 1030. The Kier molecular flexibility index (Phi) is 3.69. The van der Waals surface area contributed by atoms with E-state index in [1.165, 1.54) is 18.2 Å². The first-order chi connectivity index (χ1) is 11.3. The summed E-state index contributed by atoms with van der Waals surface area (Å²) in [6.45, 7) is 5.29. The van der Waals surface area contributed by atoms with E-state index in [1.54, 1.807) is 6.92 Å². The molecule has 0 bridgehead atoms. The second-order valence-electron chi connectivity index (χ2n) is 5.77. The minimum absolute atomic E-state index is 0.0202. The minimum atomic E-state index is -0.940. The van der Waals surface area contributed by atoms with Crippen LogP contribution in [-0.2, 0) is 6.42 Å². The molecule has 1 aromatic heterocycles. The number of phenols is 3. The van der Waals surface area contributed by atoms with Crippen molar-refractivity contribution < 1.29 is 24.8 Å². The summed E-state index contributed by atoms with van der Waals surface area (Å²) >= 11 is 0. The van der Waals surface area contributed by atoms with Crippen LogP contribution in [0.15, 0.2) is 45.6 Å². The van der Waals surface area contributed by atoms with Crippen molar-refractivity contribution in [1.82, 2.24) is 0 Å². The monoisotopic (exact) mass is 328 g/mol. The van der Waals surface area contributed by atoms with Crippen molar-refractivity contribution in [2.75, 3.05) is 0 Å². The lowest BCUT2D eigenvalue weighted by Gasteiger charge is -2.14. The molecule has 3 aromatic rings. The summed E-state index contributed by atoms with van der Waals surface area (Å²) in [4.78, 5) is 12.8. The van der Waals surface area contributed by atoms with Crippen molar-refractivity contribution >= 4 is 21.9 Å². The van der Waals surface area contributed by atoms with Crippen molar-refractivity contribution in [3.63, 3.8) is 0 Å². The van der Waals surface area contributed by atoms with Crippen LogP contribution in [0.5, 0.6) is 17.2 Å². The van der Waals surface area contributed by atoms with Gasteiger partial charge in [-0.1, -0.05) is 12.2 Å². The fraction of sp³-hybridized carbons (Fsp3) is 0.167. The van der Waals surface area contributed by atoms with Crippen LogP contribution in [0.3, 0.4) is 0 Å². The van der Waals surface area contributed by atoms with Crippen LogP contribution in [0.1, 0.15) is 12.5 Å². The molecule has 0 spiro atoms. The lowest BCUT2D eigenvalue weighted by molar-refractivity contribution is 0.211. The van der Waals surface area contributed by atoms with Gasteiger partial charge in [0.05, 0.1) is 11.5 Å². The molecule has 1 heterocycles. The molecule has 3 rings (SSSR count). The van der Waals surface area contributed by atoms with E-state index in [2.05, 4.69) is 6.58 Å². The van der Waals surface area contributed by atoms with Crippen molar-refractivity contribution in [2.24, 2.45) is 0 Å². The number of aliphatic hydroxyl groups excluding tert-OH is 1. The van der Waals surface area contributed by atoms with E-state index in [4.69, 9.17) is 4.42 Å². The maximum Gasteiger partial charge on any atom is 0.204 e. The molecule has 0 amide bonds. The molecule has 0 saturated carbocycles. The average Bonchev–Trinajstić information content (AvgIpc) is 2.49. The van der Waals surface area contributed by atoms with E-state index in [-0.39, 0.29) is 45.4 Å². The summed E-state index contributed by atoms with van der Waals surface area (Å²) in [5.41, 5.74) is 0.361. The van der Waals surface area contributed by atoms with Crippen LogP contribution in [0.4, 0.5) is 0 Å². The summed E-state index contributed by atoms with van der Waals surface area (Å²) in [5, 5.41) is 39.7. The van der Waals surface area contributed by atoms with Crippen LogP contribution in [0.25, 0.3) is 21.9 Å². The lowest BCUT2D eigenvalue weighted by atomic mass is 9.97. The van der Waals surface area contributed by atoms with Crippen molar-refractivity contribution in [2.45, 2.75) is 19.4 Å². The Morgan fingerprint density at radius 1 is 1.12 bits per heavy atom. The summed E-state index contributed by atoms with van der Waals surface area (Å²) in [6, 6.07) is 5.05. The highest BCUT2D eigenvalue weighted by atomic mass is 16.3. The van der Waals surface area contributed by atoms with Crippen LogP contribution in [0, 0.1) is 0 Å². The van der Waals surface area contributed by atoms with Crippen LogP contribution < -0.4 is 5.43 Å². The fourth-order valence-corrected chi connectivity index (χ4v) is 2.66. The third-order valence-electron chi connectivity index (χ3n) is 3.96. The molecule has 0 fully saturated rings. The van der Waals surface area contributed by atoms with E-state index in [0.717, 1.165) is 6.07 Å². The molecule has 4 N–H and O–H groups in total. The summed E-state index contributed by atoms with van der Waals surface area (Å²) < 4.78 is 5.59. The highest BCUT2D eigenvalue weighted by molar-refractivity contribution is 5.95. The quantitative estimate of drug-likeness (QED) is 0.434. The number of hydrogen-bond donors (Lipinski definition) is 4. The third kappa shape index (κ3) is 2.47. The van der Waals surface area contributed by atoms with Gasteiger partial charge in [-0.15, -0.1) is 0 Å². The van der Waals surface area contributed by atoms with E-state index in [0.29, 0.717) is 5.57 Å². The summed E-state index contributed by atoms with van der Waals surface area (Å²) in [6.07, 6.45) is -0.960. The molecular formula is C18H16O6. The first kappa shape index (κ1) is 15.9. The first-order valence-electron chi connectivity index (χ1n) is 7.26. The van der Waals surface area contributed by atoms with Crippen molar-refractivity contribution in [3.8, 4) is 17.2 Å². The zero-order valence-corrected chi connectivity index (χ0v) is 12.9. The number of hydrogen-bond acceptors (Lipinski definition) is 6. The van der Waals surface area contributed by atoms with Crippen molar-refractivity contribution in [1.29, 1.82) is 0 Å². The van der Waals surface area contributed by atoms with Gasteiger partial charge in [0.25, 0.3) is 0 Å². The highest BCUT2D eigenvalue weighted by Gasteiger charge is 2.20. The highest BCUT2D eigenvalue weighted by Crippen LogP contribution is 2.33. The predicted octanol–water partition coefficient (Wildman–Crippen LogP) is 2.54. The minimum Gasteiger partial charge on any atom is -0.508 e. The SMILES string of the molecule is C=C(C)[C@@H](O)Cc1c(O)ccc2oc3cc(O)cc(O)c3c(=O)c12. The molecule has 1 atom stereocenters. The molecule has 0 aliphatic carbocycles. The number of benzene rings is 2. The zero-order valence-electron chi connectivity index (χ0n) is 12.9. The Morgan fingerprint density at radius 2 is 1.83 bits per heavy atom. The summed E-state index contributed by atoms with van der Waals surface area (Å²) in [5.74, 6) is -0.817. The Morgan fingerprint density at radius 3 is 2.50 bits per heavy atom. The molecule has 24 heavy (non-hydrogen) atoms. The van der Waals surface area contributed by atoms with Gasteiger partial charge < -0.3 is 24.8 Å². The molecule has 124 valence electrons. The van der Waals surface area contributed by atoms with E-state index < -0.39 is 17.3 Å². The Balaban J connectivity index is 2.41. The zero-order chi connectivity index (χ0) is 17.6. The molecule has 6 nitrogen and oxygen atoms in total. The van der Waals surface area contributed by atoms with Gasteiger partial charge in [0.1, 0.15) is 33.8 Å². The van der Waals surface area contributed by atoms with Crippen LogP contribution >= 0.6 is 0 Å². The Hall–Kier alpha value is -2.99. The van der Waals surface area contributed by atoms with Gasteiger partial charge in [0.15, 0.2) is 0 Å². The maximum absolute atomic E-state index is 12.8. The van der Waals surface area contributed by atoms with Gasteiger partial charge >= 0.3 is 0 Å². The predicted molar refractivity (Wildman–Crippen MR) is 89.5 cm³/mol. The fourth-order valence-electron chi connectivity index (χ4n) is 2.66. The average molecular weight is 328 g/mol. The largest absolute Gasteiger partial charge is 0.508 e. The van der Waals surface area contributed by atoms with E-state index in [9.17, 15) is 25.2 Å². The van der Waals surface area contributed by atoms with Gasteiger partial charge in [0, 0.05) is 24.1 Å². The summed E-state index contributed by atoms with van der Waals surface area (Å²) in [7, 11) is 0. The molecule has 0 radical (unpaired) electrons. The van der Waals surface area contributed by atoms with E-state index >= 15 is 0 Å². The molecule has 0 unspecified atom stereocenters. The third-order valence-corrected chi connectivity index (χ3v) is 3.96. The second kappa shape index (κ2) is 5.58. The topological polar surface area (TPSA) is 111 Å². The maximum atomic E-state index is 12.8. The molecule has 0 aliphatic rings. The van der Waals surface area contributed by atoms with Gasteiger partial charge in [-0.25, -0.2) is 0 Å². The standard InChI is InChI=1S/C18H16O6/c1-8(2)12(21)7-10-11(20)3-4-14-16(10)18(23)17-13(22)5-9(19)6-15(17)24-14/h3-6,12,19-22H,1,7H2,2H3/t12-/m0/s1. The molecular weight excluding hydrogens is 312 g/mol. The number of phenolic OH excluding ortho intramolecular Hbond substituents is 3. The molecule has 0 saturated heterocycles. The van der Waals surface area contributed by atoms with Gasteiger partial charge in [0.2, 0.25) is 5.43 Å². The first-order valence-corrected chi connectivity index (χ1v) is 7.26. The number of aromatic hydroxyl groups is 3. The number of rotatable bonds is 3. The lowest BCUT2D eigenvalue weighted by Crippen LogP contribution is -2.14. The molecule has 6 heteroatoms. The van der Waals surface area contributed by atoms with Gasteiger partial charge in [-0.05, 0) is 19.1 Å². The smallest absolute Gasteiger partial charge is 0.204 e. The number of aliphatic hydroxyl groups is 1. The van der Waals surface area contributed by atoms with Gasteiger partial charge in [-0.3, -0.25) is 4.79 Å².